The van der Waals surface area contributed by atoms with Gasteiger partial charge in [-0.2, -0.15) is 0 Å². The molecule has 3 aromatic rings. The molecule has 0 heterocycles. The summed E-state index contributed by atoms with van der Waals surface area (Å²) in [5, 5.41) is 0. The normalized spacial score (nSPS) is 10.4. The van der Waals surface area contributed by atoms with E-state index in [2.05, 4.69) is 22.9 Å². The summed E-state index contributed by atoms with van der Waals surface area (Å²) in [7, 11) is 0. The van der Waals surface area contributed by atoms with Gasteiger partial charge >= 0.3 is 5.97 Å². The Kier molecular flexibility index (Phi) is 6.66. The molecule has 0 fully saturated rings. The molecule has 3 nitrogen and oxygen atoms in total. The van der Waals surface area contributed by atoms with Crippen LogP contribution < -0.4 is 9.47 Å². The quantitative estimate of drug-likeness (QED) is 0.341. The lowest BCUT2D eigenvalue weighted by molar-refractivity contribution is -0.136. The Morgan fingerprint density at radius 3 is 2.33 bits per heavy atom. The third kappa shape index (κ3) is 5.44. The first-order valence-corrected chi connectivity index (χ1v) is 9.72. The van der Waals surface area contributed by atoms with Crippen LogP contribution in [0, 0.1) is 0 Å². The van der Waals surface area contributed by atoms with Gasteiger partial charge in [-0.1, -0.05) is 61.9 Å². The van der Waals surface area contributed by atoms with Crippen LogP contribution in [-0.2, 0) is 11.2 Å². The standard InChI is InChI=1S/C23H21BrO3/c1-2-6-17-9-12-20(13-10-17)27-23(25)16-26-22-14-11-19(15-21(22)24)18-7-4-3-5-8-18/h3-5,7-15H,2,6,16H2,1H3. The number of carbonyl (C=O) groups is 1. The highest BCUT2D eigenvalue weighted by Crippen LogP contribution is 2.30. The van der Waals surface area contributed by atoms with E-state index in [4.69, 9.17) is 9.47 Å². The molecule has 0 aliphatic rings. The second-order valence-electron chi connectivity index (χ2n) is 6.17. The molecule has 0 unspecified atom stereocenters. The average Bonchev–Trinajstić information content (AvgIpc) is 2.69. The number of hydrogen-bond donors (Lipinski definition) is 0. The van der Waals surface area contributed by atoms with E-state index in [1.165, 1.54) is 5.56 Å². The Balaban J connectivity index is 1.57. The van der Waals surface area contributed by atoms with Gasteiger partial charge in [0.25, 0.3) is 0 Å². The number of ether oxygens (including phenoxy) is 2. The first-order chi connectivity index (χ1) is 13.2. The minimum absolute atomic E-state index is 0.153. The molecule has 0 N–H and O–H groups in total. The van der Waals surface area contributed by atoms with Crippen molar-refractivity contribution >= 4 is 21.9 Å². The summed E-state index contributed by atoms with van der Waals surface area (Å²) in [6, 6.07) is 23.4. The first-order valence-electron chi connectivity index (χ1n) is 8.93. The van der Waals surface area contributed by atoms with Crippen molar-refractivity contribution in [3.8, 4) is 22.6 Å². The van der Waals surface area contributed by atoms with Crippen LogP contribution in [0.25, 0.3) is 11.1 Å². The topological polar surface area (TPSA) is 35.5 Å². The molecule has 0 atom stereocenters. The maximum absolute atomic E-state index is 12.0. The predicted molar refractivity (Wildman–Crippen MR) is 111 cm³/mol. The van der Waals surface area contributed by atoms with Crippen LogP contribution in [0.3, 0.4) is 0 Å². The van der Waals surface area contributed by atoms with Gasteiger partial charge in [0.2, 0.25) is 0 Å². The fourth-order valence-electron chi connectivity index (χ4n) is 2.74. The molecule has 0 aliphatic heterocycles. The minimum atomic E-state index is -0.433. The summed E-state index contributed by atoms with van der Waals surface area (Å²) in [6.07, 6.45) is 2.11. The number of halogens is 1. The second-order valence-corrected chi connectivity index (χ2v) is 7.02. The molecule has 0 saturated heterocycles. The summed E-state index contributed by atoms with van der Waals surface area (Å²) in [6.45, 7) is 1.98. The summed E-state index contributed by atoms with van der Waals surface area (Å²) in [5.41, 5.74) is 3.43. The van der Waals surface area contributed by atoms with E-state index in [1.54, 1.807) is 0 Å². The molecule has 0 amide bonds. The summed E-state index contributed by atoms with van der Waals surface area (Å²) in [5.74, 6) is 0.698. The van der Waals surface area contributed by atoms with Crippen molar-refractivity contribution in [3.05, 3.63) is 82.8 Å². The first kappa shape index (κ1) is 19.2. The summed E-state index contributed by atoms with van der Waals surface area (Å²) >= 11 is 3.51. The van der Waals surface area contributed by atoms with Gasteiger partial charge < -0.3 is 9.47 Å². The molecule has 3 rings (SSSR count). The van der Waals surface area contributed by atoms with Crippen molar-refractivity contribution in [2.45, 2.75) is 19.8 Å². The van der Waals surface area contributed by atoms with Crippen molar-refractivity contribution in [1.29, 1.82) is 0 Å². The third-order valence-corrected chi connectivity index (χ3v) is 4.70. The maximum Gasteiger partial charge on any atom is 0.349 e. The monoisotopic (exact) mass is 424 g/mol. The lowest BCUT2D eigenvalue weighted by Crippen LogP contribution is -2.17. The van der Waals surface area contributed by atoms with Crippen molar-refractivity contribution in [1.82, 2.24) is 0 Å². The van der Waals surface area contributed by atoms with Crippen LogP contribution >= 0.6 is 15.9 Å². The number of esters is 1. The van der Waals surface area contributed by atoms with Crippen LogP contribution in [0.5, 0.6) is 11.5 Å². The molecule has 0 bridgehead atoms. The van der Waals surface area contributed by atoms with E-state index in [0.717, 1.165) is 28.4 Å². The Morgan fingerprint density at radius 2 is 1.67 bits per heavy atom. The van der Waals surface area contributed by atoms with Gasteiger partial charge in [0.05, 0.1) is 4.47 Å². The van der Waals surface area contributed by atoms with Gasteiger partial charge in [-0.05, 0) is 63.3 Å². The van der Waals surface area contributed by atoms with Crippen molar-refractivity contribution in [3.63, 3.8) is 0 Å². The number of carbonyl (C=O) groups excluding carboxylic acids is 1. The molecular weight excluding hydrogens is 404 g/mol. The largest absolute Gasteiger partial charge is 0.481 e. The lowest BCUT2D eigenvalue weighted by Gasteiger charge is -2.10. The minimum Gasteiger partial charge on any atom is -0.481 e. The van der Waals surface area contributed by atoms with Gasteiger partial charge in [-0.15, -0.1) is 0 Å². The molecule has 4 heteroatoms. The van der Waals surface area contributed by atoms with Gasteiger partial charge in [0.15, 0.2) is 6.61 Å². The predicted octanol–water partition coefficient (Wildman–Crippen LogP) is 6.05. The molecule has 27 heavy (non-hydrogen) atoms. The maximum atomic E-state index is 12.0. The SMILES string of the molecule is CCCc1ccc(OC(=O)COc2ccc(-c3ccccc3)cc2Br)cc1. The van der Waals surface area contributed by atoms with Crippen molar-refractivity contribution < 1.29 is 14.3 Å². The van der Waals surface area contributed by atoms with Gasteiger partial charge in [0, 0.05) is 0 Å². The van der Waals surface area contributed by atoms with Crippen LogP contribution in [0.4, 0.5) is 0 Å². The number of rotatable bonds is 7. The lowest BCUT2D eigenvalue weighted by atomic mass is 10.1. The van der Waals surface area contributed by atoms with Crippen molar-refractivity contribution in [2.24, 2.45) is 0 Å². The van der Waals surface area contributed by atoms with Gasteiger partial charge in [-0.25, -0.2) is 4.79 Å². The van der Waals surface area contributed by atoms with E-state index < -0.39 is 5.97 Å². The van der Waals surface area contributed by atoms with E-state index in [0.29, 0.717) is 11.5 Å². The summed E-state index contributed by atoms with van der Waals surface area (Å²) in [4.78, 5) is 12.0. The highest BCUT2D eigenvalue weighted by Gasteiger charge is 2.09. The zero-order valence-electron chi connectivity index (χ0n) is 15.2. The number of benzene rings is 3. The van der Waals surface area contributed by atoms with Crippen LogP contribution in [-0.4, -0.2) is 12.6 Å². The van der Waals surface area contributed by atoms with E-state index in [-0.39, 0.29) is 6.61 Å². The average molecular weight is 425 g/mol. The van der Waals surface area contributed by atoms with Gasteiger partial charge in [-0.3, -0.25) is 0 Å². The summed E-state index contributed by atoms with van der Waals surface area (Å²) < 4.78 is 11.7. The fourth-order valence-corrected chi connectivity index (χ4v) is 3.23. The second kappa shape index (κ2) is 9.38. The molecule has 0 aromatic heterocycles. The highest BCUT2D eigenvalue weighted by molar-refractivity contribution is 9.10. The molecular formula is C23H21BrO3. The smallest absolute Gasteiger partial charge is 0.349 e. The highest BCUT2D eigenvalue weighted by atomic mass is 79.9. The van der Waals surface area contributed by atoms with Gasteiger partial charge in [0.1, 0.15) is 11.5 Å². The van der Waals surface area contributed by atoms with E-state index in [1.807, 2.05) is 72.8 Å². The molecule has 0 spiro atoms. The van der Waals surface area contributed by atoms with E-state index in [9.17, 15) is 4.79 Å². The third-order valence-electron chi connectivity index (χ3n) is 4.08. The number of hydrogen-bond acceptors (Lipinski definition) is 3. The van der Waals surface area contributed by atoms with Crippen LogP contribution in [0.2, 0.25) is 0 Å². The molecule has 138 valence electrons. The molecule has 0 radical (unpaired) electrons. The van der Waals surface area contributed by atoms with Crippen LogP contribution in [0.15, 0.2) is 77.3 Å². The number of aryl methyl sites for hydroxylation is 1. The zero-order chi connectivity index (χ0) is 19.1. The van der Waals surface area contributed by atoms with Crippen LogP contribution in [0.1, 0.15) is 18.9 Å². The van der Waals surface area contributed by atoms with E-state index >= 15 is 0 Å². The Morgan fingerprint density at radius 1 is 0.926 bits per heavy atom. The molecule has 0 saturated carbocycles. The Labute approximate surface area is 168 Å². The Bertz CT molecular complexity index is 889. The fraction of sp³-hybridized carbons (Fsp3) is 0.174. The Hall–Kier alpha value is -2.59. The molecule has 0 aliphatic carbocycles. The molecule has 3 aromatic carbocycles. The van der Waals surface area contributed by atoms with Crippen molar-refractivity contribution in [2.75, 3.05) is 6.61 Å². The zero-order valence-corrected chi connectivity index (χ0v) is 16.7.